The number of benzene rings is 1. The van der Waals surface area contributed by atoms with E-state index in [1.807, 2.05) is 13.0 Å². The molecule has 0 bridgehead atoms. The van der Waals surface area contributed by atoms with E-state index >= 15 is 0 Å². The first-order valence-corrected chi connectivity index (χ1v) is 7.46. The largest absolute Gasteiger partial charge is 0.351 e. The van der Waals surface area contributed by atoms with Crippen molar-refractivity contribution >= 4 is 33.2 Å². The van der Waals surface area contributed by atoms with E-state index in [1.165, 1.54) is 23.5 Å². The van der Waals surface area contributed by atoms with Gasteiger partial charge in [-0.15, -0.1) is 11.3 Å². The maximum absolute atomic E-state index is 12.9. The lowest BCUT2D eigenvalue weighted by Gasteiger charge is -2.07. The number of nitrogens with one attached hydrogen (secondary N) is 1. The second-order valence-corrected chi connectivity index (χ2v) is 6.64. The van der Waals surface area contributed by atoms with Crippen LogP contribution in [0.25, 0.3) is 0 Å². The Bertz CT molecular complexity index is 597. The molecule has 2 aromatic rings. The summed E-state index contributed by atoms with van der Waals surface area (Å²) in [5.74, 6) is -0.302. The molecule has 0 atom stereocenters. The van der Waals surface area contributed by atoms with Gasteiger partial charge in [0.05, 0.1) is 8.66 Å². The van der Waals surface area contributed by atoms with Crippen molar-refractivity contribution in [1.29, 1.82) is 0 Å². The Kier molecular flexibility index (Phi) is 4.71. The number of carbonyl (C=O) groups is 1. The molecule has 0 aliphatic carbocycles. The van der Waals surface area contributed by atoms with Crippen LogP contribution in [0.15, 0.2) is 34.1 Å². The van der Waals surface area contributed by atoms with Gasteiger partial charge in [-0.3, -0.25) is 4.79 Å². The number of amides is 1. The minimum Gasteiger partial charge on any atom is -0.351 e. The quantitative estimate of drug-likeness (QED) is 0.896. The lowest BCUT2D eigenvalue weighted by Crippen LogP contribution is -2.25. The number of rotatable bonds is 4. The van der Waals surface area contributed by atoms with Crippen LogP contribution < -0.4 is 5.32 Å². The van der Waals surface area contributed by atoms with E-state index < -0.39 is 0 Å². The molecule has 1 aromatic heterocycles. The average Bonchev–Trinajstić information content (AvgIpc) is 2.78. The minimum atomic E-state index is -0.228. The normalized spacial score (nSPS) is 10.5. The number of hydrogen-bond acceptors (Lipinski definition) is 2. The fourth-order valence-electron chi connectivity index (χ4n) is 1.77. The van der Waals surface area contributed by atoms with Gasteiger partial charge in [0.15, 0.2) is 0 Å². The molecule has 1 aromatic carbocycles. The molecule has 0 saturated carbocycles. The summed E-state index contributed by atoms with van der Waals surface area (Å²) in [7, 11) is 0. The van der Waals surface area contributed by atoms with Gasteiger partial charge in [0.2, 0.25) is 0 Å². The average molecular weight is 342 g/mol. The van der Waals surface area contributed by atoms with Crippen LogP contribution in [0.1, 0.15) is 20.8 Å². The third-order valence-corrected chi connectivity index (χ3v) is 4.40. The van der Waals surface area contributed by atoms with E-state index in [0.717, 1.165) is 14.9 Å². The summed E-state index contributed by atoms with van der Waals surface area (Å²) in [6, 6.07) is 8.35. The second-order valence-electron chi connectivity index (χ2n) is 4.18. The molecule has 19 heavy (non-hydrogen) atoms. The smallest absolute Gasteiger partial charge is 0.261 e. The molecule has 0 spiro atoms. The van der Waals surface area contributed by atoms with Gasteiger partial charge in [-0.25, -0.2) is 4.39 Å². The molecule has 0 unspecified atom stereocenters. The Morgan fingerprint density at radius 1 is 1.37 bits per heavy atom. The topological polar surface area (TPSA) is 29.1 Å². The second kappa shape index (κ2) is 6.30. The van der Waals surface area contributed by atoms with Crippen LogP contribution in [0.4, 0.5) is 4.39 Å². The van der Waals surface area contributed by atoms with Gasteiger partial charge in [0.25, 0.3) is 5.91 Å². The van der Waals surface area contributed by atoms with E-state index in [2.05, 4.69) is 21.2 Å². The molecule has 0 fully saturated rings. The maximum atomic E-state index is 12.9. The van der Waals surface area contributed by atoms with Crippen molar-refractivity contribution in [2.24, 2.45) is 0 Å². The summed E-state index contributed by atoms with van der Waals surface area (Å²) in [4.78, 5) is 12.5. The van der Waals surface area contributed by atoms with Crippen molar-refractivity contribution in [2.45, 2.75) is 13.3 Å². The van der Waals surface area contributed by atoms with Gasteiger partial charge < -0.3 is 5.32 Å². The van der Waals surface area contributed by atoms with E-state index in [0.29, 0.717) is 17.8 Å². The third-order valence-electron chi connectivity index (χ3n) is 2.78. The molecule has 1 heterocycles. The van der Waals surface area contributed by atoms with E-state index in [1.54, 1.807) is 12.1 Å². The predicted molar refractivity (Wildman–Crippen MR) is 79.2 cm³/mol. The first-order chi connectivity index (χ1) is 9.06. The summed E-state index contributed by atoms with van der Waals surface area (Å²) in [5, 5.41) is 2.86. The third kappa shape index (κ3) is 3.88. The number of thiophene rings is 1. The van der Waals surface area contributed by atoms with Crippen LogP contribution >= 0.6 is 27.3 Å². The standard InChI is InChI=1S/C14H13BrFNOS/c1-9-8-11(16)3-2-10(9)6-7-17-14(18)12-4-5-13(15)19-12/h2-5,8H,6-7H2,1H3,(H,17,18). The lowest BCUT2D eigenvalue weighted by atomic mass is 10.1. The molecule has 2 nitrogen and oxygen atoms in total. The van der Waals surface area contributed by atoms with Crippen LogP contribution in [0, 0.1) is 12.7 Å². The molecule has 1 amide bonds. The van der Waals surface area contributed by atoms with Crippen LogP contribution in [-0.4, -0.2) is 12.5 Å². The van der Waals surface area contributed by atoms with Gasteiger partial charge in [-0.1, -0.05) is 6.07 Å². The van der Waals surface area contributed by atoms with Crippen molar-refractivity contribution in [1.82, 2.24) is 5.32 Å². The Morgan fingerprint density at radius 3 is 2.79 bits per heavy atom. The molecule has 2 rings (SSSR count). The van der Waals surface area contributed by atoms with Gasteiger partial charge in [0.1, 0.15) is 5.82 Å². The first-order valence-electron chi connectivity index (χ1n) is 5.85. The predicted octanol–water partition coefficient (Wildman–Crippen LogP) is 3.93. The minimum absolute atomic E-state index is 0.0736. The number of halogens is 2. The van der Waals surface area contributed by atoms with Gasteiger partial charge in [-0.2, -0.15) is 0 Å². The highest BCUT2D eigenvalue weighted by atomic mass is 79.9. The number of carbonyl (C=O) groups excluding carboxylic acids is 1. The summed E-state index contributed by atoms with van der Waals surface area (Å²) in [6.07, 6.45) is 0.699. The highest BCUT2D eigenvalue weighted by molar-refractivity contribution is 9.11. The fraction of sp³-hybridized carbons (Fsp3) is 0.214. The summed E-state index contributed by atoms with van der Waals surface area (Å²) < 4.78 is 13.9. The highest BCUT2D eigenvalue weighted by Gasteiger charge is 2.08. The zero-order chi connectivity index (χ0) is 13.8. The van der Waals surface area contributed by atoms with Crippen molar-refractivity contribution in [2.75, 3.05) is 6.54 Å². The Balaban J connectivity index is 1.88. The van der Waals surface area contributed by atoms with Gasteiger partial charge in [0, 0.05) is 6.54 Å². The summed E-state index contributed by atoms with van der Waals surface area (Å²) in [6.45, 7) is 2.41. The zero-order valence-corrected chi connectivity index (χ0v) is 12.8. The molecule has 1 N–H and O–H groups in total. The molecule has 0 aliphatic heterocycles. The van der Waals surface area contributed by atoms with E-state index in [4.69, 9.17) is 0 Å². The summed E-state index contributed by atoms with van der Waals surface area (Å²) >= 11 is 4.73. The monoisotopic (exact) mass is 341 g/mol. The number of aryl methyl sites for hydroxylation is 1. The van der Waals surface area contributed by atoms with Gasteiger partial charge >= 0.3 is 0 Å². The fourth-order valence-corrected chi connectivity index (χ4v) is 3.08. The maximum Gasteiger partial charge on any atom is 0.261 e. The molecular weight excluding hydrogens is 329 g/mol. The van der Waals surface area contributed by atoms with Crippen molar-refractivity contribution in [3.63, 3.8) is 0 Å². The Labute approximate surface area is 123 Å². The van der Waals surface area contributed by atoms with Crippen molar-refractivity contribution in [3.8, 4) is 0 Å². The molecule has 0 saturated heterocycles. The Hall–Kier alpha value is -1.20. The first kappa shape index (κ1) is 14.2. The zero-order valence-electron chi connectivity index (χ0n) is 10.4. The van der Waals surface area contributed by atoms with Gasteiger partial charge in [-0.05, 0) is 64.7 Å². The van der Waals surface area contributed by atoms with Crippen molar-refractivity contribution < 1.29 is 9.18 Å². The van der Waals surface area contributed by atoms with Crippen LogP contribution in [0.5, 0.6) is 0 Å². The number of hydrogen-bond donors (Lipinski definition) is 1. The molecule has 100 valence electrons. The Morgan fingerprint density at radius 2 is 2.16 bits per heavy atom. The summed E-state index contributed by atoms with van der Waals surface area (Å²) in [5.41, 5.74) is 1.96. The van der Waals surface area contributed by atoms with E-state index in [-0.39, 0.29) is 11.7 Å². The molecule has 0 radical (unpaired) electrons. The highest BCUT2D eigenvalue weighted by Crippen LogP contribution is 2.21. The van der Waals surface area contributed by atoms with Crippen LogP contribution in [0.3, 0.4) is 0 Å². The SMILES string of the molecule is Cc1cc(F)ccc1CCNC(=O)c1ccc(Br)s1. The molecular formula is C14H13BrFNOS. The van der Waals surface area contributed by atoms with Crippen LogP contribution in [0.2, 0.25) is 0 Å². The van der Waals surface area contributed by atoms with E-state index in [9.17, 15) is 9.18 Å². The van der Waals surface area contributed by atoms with Crippen LogP contribution in [-0.2, 0) is 6.42 Å². The molecule has 0 aliphatic rings. The lowest BCUT2D eigenvalue weighted by molar-refractivity contribution is 0.0958. The van der Waals surface area contributed by atoms with Crippen molar-refractivity contribution in [3.05, 3.63) is 55.9 Å². The molecule has 5 heteroatoms.